The fraction of sp³-hybridized carbons (Fsp3) is 0.182. The largest absolute Gasteiger partial charge is 0.375 e. The Morgan fingerprint density at radius 3 is 2.69 bits per heavy atom. The molecule has 1 aromatic heterocycles. The van der Waals surface area contributed by atoms with E-state index in [1.54, 1.807) is 0 Å². The summed E-state index contributed by atoms with van der Waals surface area (Å²) in [7, 11) is 0. The summed E-state index contributed by atoms with van der Waals surface area (Å²) >= 11 is 1.33. The van der Waals surface area contributed by atoms with E-state index < -0.39 is 11.6 Å². The Hall–Kier alpha value is -1.49. The number of thiazole rings is 1. The average Bonchev–Trinajstić information content (AvgIpc) is 2.50. The van der Waals surface area contributed by atoms with E-state index in [-0.39, 0.29) is 0 Å². The van der Waals surface area contributed by atoms with Crippen LogP contribution in [0.2, 0.25) is 0 Å². The van der Waals surface area contributed by atoms with Gasteiger partial charge in [-0.2, -0.15) is 0 Å². The topological polar surface area (TPSA) is 38.9 Å². The predicted octanol–water partition coefficient (Wildman–Crippen LogP) is 2.90. The van der Waals surface area contributed by atoms with Crippen molar-refractivity contribution < 1.29 is 8.78 Å². The Kier molecular flexibility index (Phi) is 2.87. The number of benzene rings is 1. The Morgan fingerprint density at radius 1 is 1.38 bits per heavy atom. The predicted molar refractivity (Wildman–Crippen MR) is 60.4 cm³/mol. The summed E-state index contributed by atoms with van der Waals surface area (Å²) in [5, 5.41) is 0.468. The summed E-state index contributed by atoms with van der Waals surface area (Å²) in [5.74, 6) is -1.10. The van der Waals surface area contributed by atoms with E-state index in [0.717, 1.165) is 16.6 Å². The van der Waals surface area contributed by atoms with Gasteiger partial charge in [0.2, 0.25) is 0 Å². The van der Waals surface area contributed by atoms with Crippen LogP contribution in [-0.4, -0.2) is 4.98 Å². The number of hydrogen-bond acceptors (Lipinski definition) is 3. The lowest BCUT2D eigenvalue weighted by Crippen LogP contribution is -1.93. The molecule has 1 aromatic carbocycles. The van der Waals surface area contributed by atoms with Gasteiger partial charge in [0, 0.05) is 17.4 Å². The lowest BCUT2D eigenvalue weighted by atomic mass is 10.1. The van der Waals surface area contributed by atoms with Crippen LogP contribution < -0.4 is 5.73 Å². The molecule has 0 bridgehead atoms. The van der Waals surface area contributed by atoms with Gasteiger partial charge in [0.05, 0.1) is 5.69 Å². The van der Waals surface area contributed by atoms with E-state index in [9.17, 15) is 8.78 Å². The summed E-state index contributed by atoms with van der Waals surface area (Å²) in [4.78, 5) is 4.96. The third-order valence-corrected chi connectivity index (χ3v) is 3.26. The molecular formula is C11H10F2N2S. The van der Waals surface area contributed by atoms with E-state index in [0.29, 0.717) is 17.1 Å². The van der Waals surface area contributed by atoms with Crippen LogP contribution in [0.25, 0.3) is 0 Å². The molecule has 2 N–H and O–H groups in total. The fourth-order valence-electron chi connectivity index (χ4n) is 1.45. The Morgan fingerprint density at radius 2 is 2.12 bits per heavy atom. The first kappa shape index (κ1) is 11.0. The summed E-state index contributed by atoms with van der Waals surface area (Å²) in [5.41, 5.74) is 6.80. The maximum atomic E-state index is 13.4. The second-order valence-electron chi connectivity index (χ2n) is 3.47. The molecule has 2 aromatic rings. The van der Waals surface area contributed by atoms with Gasteiger partial charge in [0.15, 0.2) is 5.13 Å². The summed E-state index contributed by atoms with van der Waals surface area (Å²) in [6.07, 6.45) is 0.396. The second-order valence-corrected chi connectivity index (χ2v) is 4.59. The van der Waals surface area contributed by atoms with Crippen molar-refractivity contribution in [1.29, 1.82) is 0 Å². The number of nitrogens with two attached hydrogens (primary N) is 1. The number of nitrogen functional groups attached to an aromatic ring is 1. The van der Waals surface area contributed by atoms with Crippen molar-refractivity contribution in [2.24, 2.45) is 0 Å². The number of halogens is 2. The maximum absolute atomic E-state index is 13.4. The van der Waals surface area contributed by atoms with Crippen molar-refractivity contribution in [2.75, 3.05) is 5.73 Å². The molecule has 5 heteroatoms. The highest BCUT2D eigenvalue weighted by molar-refractivity contribution is 7.15. The van der Waals surface area contributed by atoms with Crippen LogP contribution in [-0.2, 0) is 6.42 Å². The van der Waals surface area contributed by atoms with Crippen LogP contribution in [0, 0.1) is 18.6 Å². The summed E-state index contributed by atoms with van der Waals surface area (Å²) in [6, 6.07) is 3.58. The smallest absolute Gasteiger partial charge is 0.180 e. The average molecular weight is 240 g/mol. The van der Waals surface area contributed by atoms with Gasteiger partial charge in [-0.1, -0.05) is 6.07 Å². The summed E-state index contributed by atoms with van der Waals surface area (Å²) in [6.45, 7) is 1.82. The minimum atomic E-state index is -0.568. The molecule has 0 saturated carbocycles. The van der Waals surface area contributed by atoms with E-state index >= 15 is 0 Å². The molecule has 2 rings (SSSR count). The molecule has 0 atom stereocenters. The quantitative estimate of drug-likeness (QED) is 0.876. The maximum Gasteiger partial charge on any atom is 0.180 e. The molecule has 0 aliphatic carbocycles. The van der Waals surface area contributed by atoms with Gasteiger partial charge in [-0.05, 0) is 18.6 Å². The molecule has 0 aliphatic rings. The van der Waals surface area contributed by atoms with Crippen LogP contribution in [0.4, 0.5) is 13.9 Å². The third kappa shape index (κ3) is 2.19. The van der Waals surface area contributed by atoms with Gasteiger partial charge in [-0.25, -0.2) is 13.8 Å². The molecule has 2 nitrogen and oxygen atoms in total. The standard InChI is InChI=1S/C11H10F2N2S/c1-6-10(16-11(14)15-6)4-7-2-3-8(12)5-9(7)13/h2-3,5H,4H2,1H3,(H2,14,15). The fourth-order valence-corrected chi connectivity index (χ4v) is 2.31. The zero-order chi connectivity index (χ0) is 11.7. The zero-order valence-corrected chi connectivity index (χ0v) is 9.44. The van der Waals surface area contributed by atoms with Crippen molar-refractivity contribution >= 4 is 16.5 Å². The van der Waals surface area contributed by atoms with E-state index in [2.05, 4.69) is 4.98 Å². The van der Waals surface area contributed by atoms with Crippen molar-refractivity contribution in [2.45, 2.75) is 13.3 Å². The monoisotopic (exact) mass is 240 g/mol. The first-order chi connectivity index (χ1) is 7.56. The highest BCUT2D eigenvalue weighted by atomic mass is 32.1. The minimum Gasteiger partial charge on any atom is -0.375 e. The van der Waals surface area contributed by atoms with E-state index in [1.807, 2.05) is 6.92 Å². The number of rotatable bonds is 2. The highest BCUT2D eigenvalue weighted by Gasteiger charge is 2.10. The number of aryl methyl sites for hydroxylation is 1. The zero-order valence-electron chi connectivity index (χ0n) is 8.63. The normalized spacial score (nSPS) is 10.7. The molecule has 0 radical (unpaired) electrons. The number of anilines is 1. The Bertz CT molecular complexity index is 523. The van der Waals surface area contributed by atoms with Crippen molar-refractivity contribution in [3.63, 3.8) is 0 Å². The molecule has 0 unspecified atom stereocenters. The minimum absolute atomic E-state index is 0.396. The van der Waals surface area contributed by atoms with E-state index in [1.165, 1.54) is 23.5 Å². The van der Waals surface area contributed by atoms with Crippen LogP contribution in [0.1, 0.15) is 16.1 Å². The van der Waals surface area contributed by atoms with Gasteiger partial charge in [-0.15, -0.1) is 11.3 Å². The molecule has 1 heterocycles. The number of nitrogens with zero attached hydrogens (tertiary/aromatic N) is 1. The van der Waals surface area contributed by atoms with Crippen LogP contribution >= 0.6 is 11.3 Å². The number of hydrogen-bond donors (Lipinski definition) is 1. The van der Waals surface area contributed by atoms with Gasteiger partial charge < -0.3 is 5.73 Å². The molecule has 0 amide bonds. The first-order valence-electron chi connectivity index (χ1n) is 4.72. The highest BCUT2D eigenvalue weighted by Crippen LogP contribution is 2.24. The van der Waals surface area contributed by atoms with Crippen molar-refractivity contribution in [3.05, 3.63) is 46.0 Å². The van der Waals surface area contributed by atoms with Gasteiger partial charge in [0.25, 0.3) is 0 Å². The second kappa shape index (κ2) is 4.17. The SMILES string of the molecule is Cc1nc(N)sc1Cc1ccc(F)cc1F. The van der Waals surface area contributed by atoms with Crippen molar-refractivity contribution in [3.8, 4) is 0 Å². The van der Waals surface area contributed by atoms with Gasteiger partial charge >= 0.3 is 0 Å². The van der Waals surface area contributed by atoms with Gasteiger partial charge in [-0.3, -0.25) is 0 Å². The third-order valence-electron chi connectivity index (χ3n) is 2.28. The van der Waals surface area contributed by atoms with Gasteiger partial charge in [0.1, 0.15) is 11.6 Å². The number of aromatic nitrogens is 1. The Labute approximate surface area is 95.7 Å². The van der Waals surface area contributed by atoms with Crippen LogP contribution in [0.15, 0.2) is 18.2 Å². The summed E-state index contributed by atoms with van der Waals surface area (Å²) < 4.78 is 26.1. The molecular weight excluding hydrogens is 230 g/mol. The van der Waals surface area contributed by atoms with Crippen LogP contribution in [0.3, 0.4) is 0 Å². The molecule has 0 saturated heterocycles. The molecule has 16 heavy (non-hydrogen) atoms. The lowest BCUT2D eigenvalue weighted by Gasteiger charge is -2.01. The first-order valence-corrected chi connectivity index (χ1v) is 5.53. The lowest BCUT2D eigenvalue weighted by molar-refractivity contribution is 0.575. The molecule has 0 fully saturated rings. The van der Waals surface area contributed by atoms with E-state index in [4.69, 9.17) is 5.73 Å². The van der Waals surface area contributed by atoms with Crippen molar-refractivity contribution in [1.82, 2.24) is 4.98 Å². The molecule has 0 aliphatic heterocycles. The molecule has 0 spiro atoms. The van der Waals surface area contributed by atoms with Crippen LogP contribution in [0.5, 0.6) is 0 Å². The molecule has 84 valence electrons. The Balaban J connectivity index is 2.30.